The van der Waals surface area contributed by atoms with Gasteiger partial charge in [0.15, 0.2) is 11.4 Å². The van der Waals surface area contributed by atoms with Crippen LogP contribution in [-0.4, -0.2) is 9.13 Å². The molecule has 10 aromatic carbocycles. The molecular weight excluding hydrogens is 917 g/mol. The first-order chi connectivity index (χ1) is 36.7. The number of fused-ring (bicyclic) bond motifs is 6. The van der Waals surface area contributed by atoms with Crippen LogP contribution in [0.1, 0.15) is 27.8 Å². The second-order valence-corrected chi connectivity index (χ2v) is 18.5. The second kappa shape index (κ2) is 18.2. The molecule has 75 heavy (non-hydrogen) atoms. The van der Waals surface area contributed by atoms with Gasteiger partial charge >= 0.3 is 0 Å². The Morgan fingerprint density at radius 3 is 0.960 bits per heavy atom. The summed E-state index contributed by atoms with van der Waals surface area (Å²) >= 11 is 0. The van der Waals surface area contributed by atoms with Crippen LogP contribution in [0, 0.1) is 65.4 Å². The summed E-state index contributed by atoms with van der Waals surface area (Å²) in [5.74, 6) is 0. The van der Waals surface area contributed by atoms with Crippen LogP contribution >= 0.6 is 0 Å². The molecule has 0 fully saturated rings. The molecule has 344 valence electrons. The van der Waals surface area contributed by atoms with Crippen LogP contribution in [0.3, 0.4) is 0 Å². The van der Waals surface area contributed by atoms with Gasteiger partial charge < -0.3 is 9.13 Å². The van der Waals surface area contributed by atoms with Gasteiger partial charge in [-0.25, -0.2) is 9.69 Å². The summed E-state index contributed by atoms with van der Waals surface area (Å²) in [7, 11) is 0. The fourth-order valence-electron chi connectivity index (χ4n) is 10.5. The Morgan fingerprint density at radius 2 is 0.640 bits per heavy atom. The van der Waals surface area contributed by atoms with E-state index in [1.54, 1.807) is 0 Å². The summed E-state index contributed by atoms with van der Waals surface area (Å²) in [6.45, 7) is 17.1. The standard InChI is InChI=1S/C67H36N8/c1-41-28-44(39-70)30-53(29-41)54-35-66(74-62-24-16-49(45-8-4-42(37-68)5-9-45)31-57(62)58-32-50(17-25-63(58)74)46-10-6-43(38-69)7-11-46)61(40-71)67(36-54)75-64-26-18-51(47-12-20-55(72-2)21-13-47)33-59(64)60-34-52(19-27-65(60)75)48-14-22-56(73-3)23-15-48/h4-36H,1H3. The lowest BCUT2D eigenvalue weighted by Crippen LogP contribution is -2.05. The highest BCUT2D eigenvalue weighted by Gasteiger charge is 2.24. The molecule has 0 aliphatic carbocycles. The fourth-order valence-corrected chi connectivity index (χ4v) is 10.5. The average Bonchev–Trinajstić information content (AvgIpc) is 3.99. The molecule has 0 saturated carbocycles. The van der Waals surface area contributed by atoms with E-state index >= 15 is 0 Å². The summed E-state index contributed by atoms with van der Waals surface area (Å²) < 4.78 is 4.35. The van der Waals surface area contributed by atoms with Crippen LogP contribution in [0.5, 0.6) is 0 Å². The molecule has 0 spiro atoms. The summed E-state index contributed by atoms with van der Waals surface area (Å²) in [6, 6.07) is 75.1. The minimum absolute atomic E-state index is 0.425. The predicted molar refractivity (Wildman–Crippen MR) is 298 cm³/mol. The largest absolute Gasteiger partial charge is 0.308 e. The maximum atomic E-state index is 11.8. The van der Waals surface area contributed by atoms with Gasteiger partial charge in [-0.15, -0.1) is 0 Å². The van der Waals surface area contributed by atoms with Gasteiger partial charge in [0, 0.05) is 21.5 Å². The molecule has 8 nitrogen and oxygen atoms in total. The minimum Gasteiger partial charge on any atom is -0.308 e. The van der Waals surface area contributed by atoms with Crippen LogP contribution in [0.25, 0.3) is 120 Å². The van der Waals surface area contributed by atoms with Crippen molar-refractivity contribution in [3.05, 3.63) is 251 Å². The Balaban J connectivity index is 1.17. The lowest BCUT2D eigenvalue weighted by Gasteiger charge is -2.19. The van der Waals surface area contributed by atoms with Gasteiger partial charge in [-0.2, -0.15) is 21.0 Å². The average molecular weight is 953 g/mol. The molecule has 0 aliphatic heterocycles. The summed E-state index contributed by atoms with van der Waals surface area (Å²) in [5.41, 5.74) is 18.2. The van der Waals surface area contributed by atoms with Crippen molar-refractivity contribution in [2.24, 2.45) is 0 Å². The highest BCUT2D eigenvalue weighted by molar-refractivity contribution is 6.14. The van der Waals surface area contributed by atoms with Gasteiger partial charge in [-0.3, -0.25) is 0 Å². The number of hydrogen-bond acceptors (Lipinski definition) is 4. The van der Waals surface area contributed by atoms with E-state index in [4.69, 9.17) is 13.1 Å². The summed E-state index contributed by atoms with van der Waals surface area (Å²) in [4.78, 5) is 7.23. The van der Waals surface area contributed by atoms with Gasteiger partial charge in [0.25, 0.3) is 0 Å². The third-order valence-electron chi connectivity index (χ3n) is 14.1. The van der Waals surface area contributed by atoms with E-state index in [1.807, 2.05) is 116 Å². The lowest BCUT2D eigenvalue weighted by molar-refractivity contribution is 1.12. The van der Waals surface area contributed by atoms with E-state index in [2.05, 4.69) is 134 Å². The molecule has 0 amide bonds. The van der Waals surface area contributed by atoms with Crippen molar-refractivity contribution in [2.75, 3.05) is 0 Å². The molecule has 12 rings (SSSR count). The molecule has 0 saturated heterocycles. The van der Waals surface area contributed by atoms with Crippen molar-refractivity contribution in [2.45, 2.75) is 6.92 Å². The van der Waals surface area contributed by atoms with Crippen molar-refractivity contribution in [3.63, 3.8) is 0 Å². The van der Waals surface area contributed by atoms with E-state index in [-0.39, 0.29) is 0 Å². The Labute approximate surface area is 432 Å². The number of nitriles is 4. The zero-order valence-corrected chi connectivity index (χ0v) is 40.1. The number of nitrogens with zero attached hydrogens (tertiary/aromatic N) is 8. The zero-order chi connectivity index (χ0) is 51.3. The molecule has 0 aliphatic rings. The predicted octanol–water partition coefficient (Wildman–Crippen LogP) is 17.1. The smallest absolute Gasteiger partial charge is 0.187 e. The van der Waals surface area contributed by atoms with E-state index in [9.17, 15) is 21.0 Å². The molecule has 0 bridgehead atoms. The summed E-state index contributed by atoms with van der Waals surface area (Å²) in [6.07, 6.45) is 0. The number of aromatic nitrogens is 2. The maximum absolute atomic E-state index is 11.8. The van der Waals surface area contributed by atoms with Crippen LogP contribution in [0.2, 0.25) is 0 Å². The molecule has 2 aromatic heterocycles. The number of rotatable bonds is 7. The van der Waals surface area contributed by atoms with Gasteiger partial charge in [-0.1, -0.05) is 103 Å². The third kappa shape index (κ3) is 7.76. The maximum Gasteiger partial charge on any atom is 0.187 e. The van der Waals surface area contributed by atoms with Crippen LogP contribution in [0.4, 0.5) is 11.4 Å². The van der Waals surface area contributed by atoms with Crippen LogP contribution in [-0.2, 0) is 0 Å². The van der Waals surface area contributed by atoms with E-state index in [1.165, 1.54) is 0 Å². The Morgan fingerprint density at radius 1 is 0.320 bits per heavy atom. The van der Waals surface area contributed by atoms with E-state index < -0.39 is 0 Å². The van der Waals surface area contributed by atoms with Crippen molar-refractivity contribution in [1.29, 1.82) is 21.0 Å². The van der Waals surface area contributed by atoms with Gasteiger partial charge in [0.1, 0.15) is 11.6 Å². The number of benzene rings is 10. The van der Waals surface area contributed by atoms with Gasteiger partial charge in [0.05, 0.1) is 81.5 Å². The van der Waals surface area contributed by atoms with E-state index in [0.29, 0.717) is 45.0 Å². The Kier molecular flexibility index (Phi) is 10.9. The van der Waals surface area contributed by atoms with Crippen molar-refractivity contribution in [1.82, 2.24) is 9.13 Å². The van der Waals surface area contributed by atoms with E-state index in [0.717, 1.165) is 105 Å². The number of aryl methyl sites for hydroxylation is 1. The first-order valence-corrected chi connectivity index (χ1v) is 24.0. The summed E-state index contributed by atoms with van der Waals surface area (Å²) in [5, 5.41) is 45.1. The molecule has 8 heteroatoms. The molecule has 0 radical (unpaired) electrons. The SMILES string of the molecule is [C-]#[N+]c1ccc(-c2ccc3c(c2)c2cc(-c4ccc([N+]#[C-])cc4)ccc2n3-c2cc(-c3cc(C)cc(C#N)c3)cc(-n3c4ccc(-c5ccc(C#N)cc5)cc4c4cc(-c5ccc(C#N)cc5)ccc43)c2C#N)cc1. The van der Waals surface area contributed by atoms with Crippen molar-refractivity contribution < 1.29 is 0 Å². The molecule has 0 unspecified atom stereocenters. The second-order valence-electron chi connectivity index (χ2n) is 18.5. The van der Waals surface area contributed by atoms with Crippen molar-refractivity contribution in [3.8, 4) is 91.3 Å². The Hall–Kier alpha value is -11.3. The lowest BCUT2D eigenvalue weighted by atomic mass is 9.97. The fraction of sp³-hybridized carbons (Fsp3) is 0.0149. The minimum atomic E-state index is 0.425. The molecule has 0 N–H and O–H groups in total. The van der Waals surface area contributed by atoms with Crippen molar-refractivity contribution >= 4 is 55.0 Å². The normalized spacial score (nSPS) is 10.9. The number of hydrogen-bond donors (Lipinski definition) is 0. The van der Waals surface area contributed by atoms with Gasteiger partial charge in [-0.05, 0) is 165 Å². The van der Waals surface area contributed by atoms with Crippen LogP contribution in [0.15, 0.2) is 200 Å². The zero-order valence-electron chi connectivity index (χ0n) is 40.1. The molecular formula is C67H36N8. The monoisotopic (exact) mass is 952 g/mol. The third-order valence-corrected chi connectivity index (χ3v) is 14.1. The quantitative estimate of drug-likeness (QED) is 0.148. The highest BCUT2D eigenvalue weighted by Crippen LogP contribution is 2.44. The molecule has 0 atom stereocenters. The topological polar surface area (TPSA) is 114 Å². The first kappa shape index (κ1) is 44.9. The Bertz CT molecular complexity index is 4140. The molecule has 2 heterocycles. The first-order valence-electron chi connectivity index (χ1n) is 24.0. The highest BCUT2D eigenvalue weighted by atomic mass is 15.0. The van der Waals surface area contributed by atoms with Gasteiger partial charge in [0.2, 0.25) is 0 Å². The van der Waals surface area contributed by atoms with Crippen LogP contribution < -0.4 is 0 Å². The molecule has 12 aromatic rings.